The molecule has 2 aromatic rings. The van der Waals surface area contributed by atoms with Gasteiger partial charge in [-0.2, -0.15) is 0 Å². The first-order valence-electron chi connectivity index (χ1n) is 8.57. The molecule has 0 aliphatic heterocycles. The predicted octanol–water partition coefficient (Wildman–Crippen LogP) is 3.85. The number of hydrogen-bond acceptors (Lipinski definition) is 3. The molecule has 0 saturated carbocycles. The molecule has 0 spiro atoms. The van der Waals surface area contributed by atoms with E-state index in [4.69, 9.17) is 4.74 Å². The summed E-state index contributed by atoms with van der Waals surface area (Å²) >= 11 is 0. The molecule has 2 N–H and O–H groups in total. The van der Waals surface area contributed by atoms with E-state index in [0.29, 0.717) is 17.0 Å². The van der Waals surface area contributed by atoms with E-state index in [1.54, 1.807) is 24.3 Å². The molecular formula is C21H26N2O3. The van der Waals surface area contributed by atoms with Crippen molar-refractivity contribution in [1.29, 1.82) is 0 Å². The molecule has 0 fully saturated rings. The van der Waals surface area contributed by atoms with E-state index in [-0.39, 0.29) is 24.0 Å². The summed E-state index contributed by atoms with van der Waals surface area (Å²) < 4.78 is 5.54. The maximum atomic E-state index is 12.4. The van der Waals surface area contributed by atoms with Crippen LogP contribution in [0.2, 0.25) is 0 Å². The van der Waals surface area contributed by atoms with Crippen molar-refractivity contribution >= 4 is 17.5 Å². The van der Waals surface area contributed by atoms with E-state index >= 15 is 0 Å². The van der Waals surface area contributed by atoms with Gasteiger partial charge in [0.15, 0.2) is 6.61 Å². The topological polar surface area (TPSA) is 67.4 Å². The number of hydrogen-bond donors (Lipinski definition) is 2. The van der Waals surface area contributed by atoms with Crippen LogP contribution in [0.25, 0.3) is 0 Å². The fraction of sp³-hybridized carbons (Fsp3) is 0.333. The molecule has 2 aromatic carbocycles. The Hall–Kier alpha value is -2.82. The number of para-hydroxylation sites is 1. The summed E-state index contributed by atoms with van der Waals surface area (Å²) in [5.74, 6) is 0.0877. The molecule has 5 nitrogen and oxygen atoms in total. The molecule has 2 amide bonds. The predicted molar refractivity (Wildman–Crippen MR) is 104 cm³/mol. The summed E-state index contributed by atoms with van der Waals surface area (Å²) in [6.45, 7) is 9.60. The number of carbonyl (C=O) groups excluding carboxylic acids is 2. The van der Waals surface area contributed by atoms with Crippen molar-refractivity contribution in [3.05, 3.63) is 59.2 Å². The molecule has 0 saturated heterocycles. The number of aryl methyl sites for hydroxylation is 2. The molecule has 0 radical (unpaired) electrons. The van der Waals surface area contributed by atoms with Crippen LogP contribution in [0.1, 0.15) is 42.3 Å². The van der Waals surface area contributed by atoms with Gasteiger partial charge >= 0.3 is 0 Å². The van der Waals surface area contributed by atoms with Crippen LogP contribution >= 0.6 is 0 Å². The van der Waals surface area contributed by atoms with Crippen molar-refractivity contribution in [2.45, 2.75) is 40.2 Å². The van der Waals surface area contributed by atoms with E-state index < -0.39 is 0 Å². The van der Waals surface area contributed by atoms with Crippen molar-refractivity contribution in [2.75, 3.05) is 11.9 Å². The van der Waals surface area contributed by atoms with Gasteiger partial charge in [-0.1, -0.05) is 18.2 Å². The second-order valence-corrected chi connectivity index (χ2v) is 7.33. The summed E-state index contributed by atoms with van der Waals surface area (Å²) in [5.41, 5.74) is 2.79. The molecule has 138 valence electrons. The van der Waals surface area contributed by atoms with Crippen LogP contribution in [0.4, 0.5) is 5.69 Å². The Morgan fingerprint density at radius 2 is 1.69 bits per heavy atom. The van der Waals surface area contributed by atoms with Crippen LogP contribution < -0.4 is 15.4 Å². The van der Waals surface area contributed by atoms with Gasteiger partial charge in [0, 0.05) is 5.54 Å². The lowest BCUT2D eigenvalue weighted by Crippen LogP contribution is -2.41. The smallest absolute Gasteiger partial charge is 0.262 e. The van der Waals surface area contributed by atoms with Crippen molar-refractivity contribution in [3.63, 3.8) is 0 Å². The van der Waals surface area contributed by atoms with Crippen molar-refractivity contribution in [2.24, 2.45) is 0 Å². The van der Waals surface area contributed by atoms with E-state index in [1.807, 2.05) is 52.8 Å². The van der Waals surface area contributed by atoms with Crippen LogP contribution in [0, 0.1) is 13.8 Å². The number of benzene rings is 2. The van der Waals surface area contributed by atoms with Crippen molar-refractivity contribution < 1.29 is 14.3 Å². The fourth-order valence-corrected chi connectivity index (χ4v) is 2.34. The summed E-state index contributed by atoms with van der Waals surface area (Å²) in [6, 6.07) is 12.6. The SMILES string of the molecule is Cc1ccc(OCC(=O)Nc2ccccc2C(=O)NC(C)(C)C)cc1C. The molecule has 0 unspecified atom stereocenters. The lowest BCUT2D eigenvalue weighted by atomic mass is 10.1. The zero-order chi connectivity index (χ0) is 19.3. The van der Waals surface area contributed by atoms with Crippen LogP contribution in [0.3, 0.4) is 0 Å². The van der Waals surface area contributed by atoms with E-state index in [9.17, 15) is 9.59 Å². The third-order valence-electron chi connectivity index (χ3n) is 3.78. The minimum atomic E-state index is -0.361. The Bertz CT molecular complexity index is 807. The molecule has 0 aliphatic rings. The molecule has 5 heteroatoms. The first-order valence-corrected chi connectivity index (χ1v) is 8.57. The van der Waals surface area contributed by atoms with E-state index in [2.05, 4.69) is 10.6 Å². The Labute approximate surface area is 154 Å². The van der Waals surface area contributed by atoms with E-state index in [1.165, 1.54) is 5.56 Å². The minimum Gasteiger partial charge on any atom is -0.484 e. The molecule has 0 aromatic heterocycles. The third-order valence-corrected chi connectivity index (χ3v) is 3.78. The average molecular weight is 354 g/mol. The standard InChI is InChI=1S/C21H26N2O3/c1-14-10-11-16(12-15(14)2)26-13-19(24)22-18-9-7-6-8-17(18)20(25)23-21(3,4)5/h6-12H,13H2,1-5H3,(H,22,24)(H,23,25). The highest BCUT2D eigenvalue weighted by molar-refractivity contribution is 6.04. The molecular weight excluding hydrogens is 328 g/mol. The van der Waals surface area contributed by atoms with Gasteiger partial charge in [0.25, 0.3) is 11.8 Å². The number of rotatable bonds is 5. The Balaban J connectivity index is 2.02. The molecule has 0 heterocycles. The minimum absolute atomic E-state index is 0.127. The normalized spacial score (nSPS) is 11.0. The second kappa shape index (κ2) is 8.04. The number of anilines is 1. The molecule has 26 heavy (non-hydrogen) atoms. The molecule has 2 rings (SSSR count). The van der Waals surface area contributed by atoms with Crippen LogP contribution in [-0.2, 0) is 4.79 Å². The fourth-order valence-electron chi connectivity index (χ4n) is 2.34. The first-order chi connectivity index (χ1) is 12.2. The molecule has 0 aliphatic carbocycles. The Morgan fingerprint density at radius 3 is 2.35 bits per heavy atom. The van der Waals surface area contributed by atoms with Gasteiger partial charge in [-0.25, -0.2) is 0 Å². The Kier molecular flexibility index (Phi) is 6.03. The summed E-state index contributed by atoms with van der Waals surface area (Å²) in [5, 5.41) is 5.65. The summed E-state index contributed by atoms with van der Waals surface area (Å²) in [4.78, 5) is 24.6. The van der Waals surface area contributed by atoms with Crippen LogP contribution in [0.15, 0.2) is 42.5 Å². The summed E-state index contributed by atoms with van der Waals surface area (Å²) in [6.07, 6.45) is 0. The van der Waals surface area contributed by atoms with Gasteiger partial charge < -0.3 is 15.4 Å². The van der Waals surface area contributed by atoms with Gasteiger partial charge in [0.2, 0.25) is 0 Å². The average Bonchev–Trinajstić information content (AvgIpc) is 2.55. The maximum absolute atomic E-state index is 12.4. The maximum Gasteiger partial charge on any atom is 0.262 e. The summed E-state index contributed by atoms with van der Waals surface area (Å²) in [7, 11) is 0. The zero-order valence-electron chi connectivity index (χ0n) is 16.0. The van der Waals surface area contributed by atoms with Gasteiger partial charge in [-0.05, 0) is 70.0 Å². The lowest BCUT2D eigenvalue weighted by Gasteiger charge is -2.21. The van der Waals surface area contributed by atoms with Crippen molar-refractivity contribution in [3.8, 4) is 5.75 Å². The molecule has 0 atom stereocenters. The quantitative estimate of drug-likeness (QED) is 0.857. The van der Waals surface area contributed by atoms with Gasteiger partial charge in [0.05, 0.1) is 11.3 Å². The highest BCUT2D eigenvalue weighted by atomic mass is 16.5. The third kappa shape index (κ3) is 5.62. The zero-order valence-corrected chi connectivity index (χ0v) is 16.0. The van der Waals surface area contributed by atoms with E-state index in [0.717, 1.165) is 5.56 Å². The van der Waals surface area contributed by atoms with Gasteiger partial charge in [-0.15, -0.1) is 0 Å². The number of carbonyl (C=O) groups is 2. The first kappa shape index (κ1) is 19.5. The van der Waals surface area contributed by atoms with Crippen molar-refractivity contribution in [1.82, 2.24) is 5.32 Å². The monoisotopic (exact) mass is 354 g/mol. The molecule has 0 bridgehead atoms. The largest absolute Gasteiger partial charge is 0.484 e. The number of nitrogens with one attached hydrogen (secondary N) is 2. The van der Waals surface area contributed by atoms with Gasteiger partial charge in [0.1, 0.15) is 5.75 Å². The Morgan fingerprint density at radius 1 is 1.00 bits per heavy atom. The second-order valence-electron chi connectivity index (χ2n) is 7.33. The van der Waals surface area contributed by atoms with Crippen LogP contribution in [-0.4, -0.2) is 24.0 Å². The number of amides is 2. The number of ether oxygens (including phenoxy) is 1. The highest BCUT2D eigenvalue weighted by Crippen LogP contribution is 2.18. The highest BCUT2D eigenvalue weighted by Gasteiger charge is 2.18. The van der Waals surface area contributed by atoms with Crippen LogP contribution in [0.5, 0.6) is 5.75 Å². The van der Waals surface area contributed by atoms with Gasteiger partial charge in [-0.3, -0.25) is 9.59 Å². The lowest BCUT2D eigenvalue weighted by molar-refractivity contribution is -0.118.